The number of hydrogen-bond donors (Lipinski definition) is 3. The molecule has 2 aromatic carbocycles. The van der Waals surface area contributed by atoms with Crippen LogP contribution in [0.5, 0.6) is 0 Å². The van der Waals surface area contributed by atoms with Crippen molar-refractivity contribution in [2.75, 3.05) is 0 Å². The molecule has 1 amide bonds. The molecule has 0 fully saturated rings. The van der Waals surface area contributed by atoms with Gasteiger partial charge < -0.3 is 5.11 Å². The summed E-state index contributed by atoms with van der Waals surface area (Å²) in [5.74, 6) is -1.60. The minimum absolute atomic E-state index is 0.0461. The third-order valence-corrected chi connectivity index (χ3v) is 5.33. The lowest BCUT2D eigenvalue weighted by molar-refractivity contribution is -0.136. The first kappa shape index (κ1) is 20.2. The minimum atomic E-state index is -4.00. The average Bonchev–Trinajstić information content (AvgIpc) is 3.21. The van der Waals surface area contributed by atoms with Gasteiger partial charge in [-0.1, -0.05) is 30.3 Å². The highest BCUT2D eigenvalue weighted by Gasteiger charge is 2.18. The van der Waals surface area contributed by atoms with Crippen molar-refractivity contribution in [1.82, 2.24) is 19.8 Å². The highest BCUT2D eigenvalue weighted by atomic mass is 32.2. The largest absolute Gasteiger partial charge is 0.481 e. The number of benzene rings is 2. The molecule has 0 radical (unpaired) electrons. The number of sulfonamides is 1. The van der Waals surface area contributed by atoms with Gasteiger partial charge in [-0.3, -0.25) is 19.6 Å². The summed E-state index contributed by atoms with van der Waals surface area (Å²) in [7, 11) is -4.00. The lowest BCUT2D eigenvalue weighted by Gasteiger charge is -2.11. The van der Waals surface area contributed by atoms with Gasteiger partial charge in [0, 0.05) is 12.1 Å². The smallest absolute Gasteiger partial charge is 0.303 e. The van der Waals surface area contributed by atoms with Crippen LogP contribution in [0, 0.1) is 0 Å². The second-order valence-electron chi connectivity index (χ2n) is 6.08. The van der Waals surface area contributed by atoms with E-state index in [9.17, 15) is 18.0 Å². The van der Waals surface area contributed by atoms with Crippen LogP contribution in [0.1, 0.15) is 22.5 Å². The molecule has 3 aromatic rings. The van der Waals surface area contributed by atoms with Crippen molar-refractivity contribution in [3.8, 4) is 5.69 Å². The van der Waals surface area contributed by atoms with Crippen LogP contribution in [0.25, 0.3) is 5.69 Å². The van der Waals surface area contributed by atoms with Crippen LogP contribution in [0.15, 0.2) is 72.0 Å². The van der Waals surface area contributed by atoms with E-state index in [1.807, 2.05) is 10.9 Å². The van der Waals surface area contributed by atoms with Gasteiger partial charge in [0.05, 0.1) is 17.4 Å². The number of para-hydroxylation sites is 1. The molecule has 3 rings (SSSR count). The van der Waals surface area contributed by atoms with Crippen molar-refractivity contribution in [1.29, 1.82) is 0 Å². The Bertz CT molecular complexity index is 1110. The van der Waals surface area contributed by atoms with E-state index in [2.05, 4.69) is 10.4 Å². The van der Waals surface area contributed by atoms with Gasteiger partial charge in [-0.25, -0.2) is 13.4 Å². The number of amides is 1. The van der Waals surface area contributed by atoms with E-state index >= 15 is 0 Å². The average molecular weight is 414 g/mol. The molecule has 9 nitrogen and oxygen atoms in total. The summed E-state index contributed by atoms with van der Waals surface area (Å²) in [6.45, 7) is 0. The Morgan fingerprint density at radius 2 is 1.72 bits per heavy atom. The van der Waals surface area contributed by atoms with Gasteiger partial charge in [0.25, 0.3) is 15.9 Å². The van der Waals surface area contributed by atoms with Gasteiger partial charge in [-0.2, -0.15) is 0 Å². The lowest BCUT2D eigenvalue weighted by atomic mass is 10.1. The number of aromatic nitrogens is 2. The molecule has 0 aliphatic rings. The molecule has 0 spiro atoms. The Balaban J connectivity index is 1.67. The predicted molar refractivity (Wildman–Crippen MR) is 104 cm³/mol. The summed E-state index contributed by atoms with van der Waals surface area (Å²) in [4.78, 5) is 29.0. The first-order valence-electron chi connectivity index (χ1n) is 8.57. The molecule has 1 heterocycles. The van der Waals surface area contributed by atoms with E-state index in [-0.39, 0.29) is 17.0 Å². The fraction of sp³-hybridized carbons (Fsp3) is 0.105. The normalized spacial score (nSPS) is 11.2. The van der Waals surface area contributed by atoms with E-state index in [0.29, 0.717) is 17.7 Å². The Labute approximate surface area is 167 Å². The first-order chi connectivity index (χ1) is 13.9. The van der Waals surface area contributed by atoms with E-state index < -0.39 is 21.9 Å². The van der Waals surface area contributed by atoms with Crippen LogP contribution in [0.2, 0.25) is 0 Å². The standard InChI is InChI=1S/C19H18N4O5S/c24-18(25)11-8-14-6-9-16(10-7-14)29(27,28)22-21-19(26)17-12-20-13-23(17)15-4-2-1-3-5-15/h1-7,9-10,12-13,22H,8,11H2,(H,21,26)(H,24,25). The lowest BCUT2D eigenvalue weighted by Crippen LogP contribution is -2.42. The summed E-state index contributed by atoms with van der Waals surface area (Å²) in [6.07, 6.45) is 3.03. The second-order valence-corrected chi connectivity index (χ2v) is 7.76. The number of aryl methyl sites for hydroxylation is 1. The van der Waals surface area contributed by atoms with Crippen LogP contribution < -0.4 is 10.3 Å². The van der Waals surface area contributed by atoms with Crippen molar-refractivity contribution >= 4 is 21.9 Å². The second kappa shape index (κ2) is 8.67. The van der Waals surface area contributed by atoms with Crippen molar-refractivity contribution in [3.63, 3.8) is 0 Å². The fourth-order valence-electron chi connectivity index (χ4n) is 2.58. The Morgan fingerprint density at radius 3 is 2.38 bits per heavy atom. The molecule has 0 saturated carbocycles. The molecule has 0 unspecified atom stereocenters. The van der Waals surface area contributed by atoms with Crippen LogP contribution in [0.3, 0.4) is 0 Å². The monoisotopic (exact) mass is 414 g/mol. The molecular weight excluding hydrogens is 396 g/mol. The van der Waals surface area contributed by atoms with Gasteiger partial charge in [0.1, 0.15) is 5.69 Å². The number of rotatable bonds is 8. The number of hydrogen-bond acceptors (Lipinski definition) is 5. The number of carbonyl (C=O) groups is 2. The number of carboxylic acid groups (broad SMARTS) is 1. The maximum Gasteiger partial charge on any atom is 0.303 e. The zero-order valence-corrected chi connectivity index (χ0v) is 16.0. The third-order valence-electron chi connectivity index (χ3n) is 4.07. The molecule has 0 aliphatic carbocycles. The van der Waals surface area contributed by atoms with E-state index in [4.69, 9.17) is 5.11 Å². The molecule has 1 aromatic heterocycles. The summed E-state index contributed by atoms with van der Waals surface area (Å²) in [5.41, 5.74) is 3.73. The molecule has 29 heavy (non-hydrogen) atoms. The number of nitrogens with zero attached hydrogens (tertiary/aromatic N) is 2. The van der Waals surface area contributed by atoms with E-state index in [1.165, 1.54) is 41.4 Å². The van der Waals surface area contributed by atoms with Gasteiger partial charge >= 0.3 is 5.97 Å². The van der Waals surface area contributed by atoms with Crippen molar-refractivity contribution in [2.24, 2.45) is 0 Å². The number of imidazole rings is 1. The Morgan fingerprint density at radius 1 is 1.03 bits per heavy atom. The van der Waals surface area contributed by atoms with Gasteiger partial charge in [-0.15, -0.1) is 4.83 Å². The molecule has 10 heteroatoms. The van der Waals surface area contributed by atoms with Crippen molar-refractivity contribution < 1.29 is 23.1 Å². The number of carboxylic acids is 1. The summed E-state index contributed by atoms with van der Waals surface area (Å²) in [5, 5.41) is 8.70. The zero-order chi connectivity index (χ0) is 20.9. The Hall–Kier alpha value is -3.50. The summed E-state index contributed by atoms with van der Waals surface area (Å²) < 4.78 is 26.3. The maximum absolute atomic E-state index is 12.4. The van der Waals surface area contributed by atoms with Crippen LogP contribution in [-0.4, -0.2) is 35.0 Å². The topological polar surface area (TPSA) is 130 Å². The van der Waals surface area contributed by atoms with Gasteiger partial charge in [0.2, 0.25) is 0 Å². The number of hydrazine groups is 1. The molecule has 0 bridgehead atoms. The SMILES string of the molecule is O=C(O)CCc1ccc(S(=O)(=O)NNC(=O)c2cncn2-c2ccccc2)cc1. The van der Waals surface area contributed by atoms with Gasteiger partial charge in [-0.05, 0) is 36.2 Å². The summed E-state index contributed by atoms with van der Waals surface area (Å²) >= 11 is 0. The number of carbonyl (C=O) groups excluding carboxylic acids is 1. The Kier molecular flexibility index (Phi) is 6.05. The van der Waals surface area contributed by atoms with E-state index in [1.54, 1.807) is 24.3 Å². The molecule has 0 atom stereocenters. The number of aliphatic carboxylic acids is 1. The minimum Gasteiger partial charge on any atom is -0.481 e. The maximum atomic E-state index is 12.4. The highest BCUT2D eigenvalue weighted by molar-refractivity contribution is 7.89. The van der Waals surface area contributed by atoms with Crippen LogP contribution in [-0.2, 0) is 21.2 Å². The number of nitrogens with one attached hydrogen (secondary N) is 2. The molecule has 150 valence electrons. The molecular formula is C19H18N4O5S. The highest BCUT2D eigenvalue weighted by Crippen LogP contribution is 2.13. The summed E-state index contributed by atoms with van der Waals surface area (Å²) in [6, 6.07) is 14.8. The zero-order valence-electron chi connectivity index (χ0n) is 15.1. The fourth-order valence-corrected chi connectivity index (χ4v) is 3.42. The molecule has 0 saturated heterocycles. The van der Waals surface area contributed by atoms with Gasteiger partial charge in [0.15, 0.2) is 0 Å². The third kappa shape index (κ3) is 5.06. The van der Waals surface area contributed by atoms with Crippen molar-refractivity contribution in [3.05, 3.63) is 78.4 Å². The van der Waals surface area contributed by atoms with Crippen LogP contribution >= 0.6 is 0 Å². The van der Waals surface area contributed by atoms with Crippen LogP contribution in [0.4, 0.5) is 0 Å². The predicted octanol–water partition coefficient (Wildman–Crippen LogP) is 1.51. The molecule has 3 N–H and O–H groups in total. The quantitative estimate of drug-likeness (QED) is 0.479. The first-order valence-corrected chi connectivity index (χ1v) is 10.1. The van der Waals surface area contributed by atoms with E-state index in [0.717, 1.165) is 0 Å². The van der Waals surface area contributed by atoms with Crippen molar-refractivity contribution in [2.45, 2.75) is 17.7 Å². The molecule has 0 aliphatic heterocycles.